The highest BCUT2D eigenvalue weighted by molar-refractivity contribution is 6.04. The van der Waals surface area contributed by atoms with Crippen molar-refractivity contribution in [3.05, 3.63) is 23.3 Å². The highest BCUT2D eigenvalue weighted by Gasteiger charge is 2.46. The van der Waals surface area contributed by atoms with E-state index in [0.29, 0.717) is 23.5 Å². The van der Waals surface area contributed by atoms with Crippen LogP contribution in [-0.4, -0.2) is 25.2 Å². The van der Waals surface area contributed by atoms with E-state index in [9.17, 15) is 9.59 Å². The fourth-order valence-corrected chi connectivity index (χ4v) is 2.86. The first-order chi connectivity index (χ1) is 8.74. The lowest BCUT2D eigenvalue weighted by atomic mass is 9.76. The van der Waals surface area contributed by atoms with Gasteiger partial charge < -0.3 is 14.2 Å². The summed E-state index contributed by atoms with van der Waals surface area (Å²) in [6.45, 7) is 0.386. The van der Waals surface area contributed by atoms with Crippen LogP contribution in [0, 0.1) is 11.8 Å². The SMILES string of the molecule is O=C1OCC2C(=O)c3cc4c(cc3CC12)OCO4. The van der Waals surface area contributed by atoms with Gasteiger partial charge in [-0.05, 0) is 24.1 Å². The quantitative estimate of drug-likeness (QED) is 0.637. The molecule has 0 N–H and O–H groups in total. The molecule has 5 heteroatoms. The Kier molecular flexibility index (Phi) is 1.79. The van der Waals surface area contributed by atoms with Gasteiger partial charge in [-0.3, -0.25) is 9.59 Å². The minimum atomic E-state index is -0.328. The molecule has 1 aromatic rings. The lowest BCUT2D eigenvalue weighted by molar-refractivity contribution is -0.141. The molecule has 5 nitrogen and oxygen atoms in total. The molecule has 4 rings (SSSR count). The maximum absolute atomic E-state index is 12.3. The predicted octanol–water partition coefficient (Wildman–Crippen LogP) is 0.943. The average Bonchev–Trinajstić information content (AvgIpc) is 2.95. The lowest BCUT2D eigenvalue weighted by Gasteiger charge is -2.23. The van der Waals surface area contributed by atoms with Crippen molar-refractivity contribution in [3.8, 4) is 11.5 Å². The molecule has 2 unspecified atom stereocenters. The third kappa shape index (κ3) is 1.16. The van der Waals surface area contributed by atoms with Crippen molar-refractivity contribution in [2.24, 2.45) is 11.8 Å². The largest absolute Gasteiger partial charge is 0.465 e. The average molecular weight is 246 g/mol. The Morgan fingerprint density at radius 3 is 2.61 bits per heavy atom. The number of benzene rings is 1. The Morgan fingerprint density at radius 1 is 1.00 bits per heavy atom. The lowest BCUT2D eigenvalue weighted by Crippen LogP contribution is -2.31. The zero-order valence-corrected chi connectivity index (χ0v) is 9.47. The second-order valence-corrected chi connectivity index (χ2v) is 4.77. The van der Waals surface area contributed by atoms with Gasteiger partial charge in [-0.15, -0.1) is 0 Å². The summed E-state index contributed by atoms with van der Waals surface area (Å²) in [6.07, 6.45) is 0.543. The highest BCUT2D eigenvalue weighted by Crippen LogP contribution is 2.41. The predicted molar refractivity (Wildman–Crippen MR) is 58.5 cm³/mol. The minimum Gasteiger partial charge on any atom is -0.465 e. The molecule has 2 heterocycles. The molecule has 92 valence electrons. The minimum absolute atomic E-state index is 0.0228. The van der Waals surface area contributed by atoms with Gasteiger partial charge in [0, 0.05) is 5.56 Å². The van der Waals surface area contributed by atoms with E-state index in [-0.39, 0.29) is 37.0 Å². The van der Waals surface area contributed by atoms with Crippen LogP contribution in [0.2, 0.25) is 0 Å². The van der Waals surface area contributed by atoms with E-state index in [1.807, 2.05) is 0 Å². The summed E-state index contributed by atoms with van der Waals surface area (Å²) >= 11 is 0. The van der Waals surface area contributed by atoms with Crippen molar-refractivity contribution < 1.29 is 23.8 Å². The Morgan fingerprint density at radius 2 is 1.78 bits per heavy atom. The Balaban J connectivity index is 1.85. The number of fused-ring (bicyclic) bond motifs is 3. The molecule has 0 amide bonds. The Labute approximate surface area is 103 Å². The van der Waals surface area contributed by atoms with Crippen LogP contribution in [0.5, 0.6) is 11.5 Å². The number of hydrogen-bond donors (Lipinski definition) is 0. The van der Waals surface area contributed by atoms with Crippen LogP contribution in [0.4, 0.5) is 0 Å². The van der Waals surface area contributed by atoms with Gasteiger partial charge >= 0.3 is 5.97 Å². The fraction of sp³-hybridized carbons (Fsp3) is 0.385. The monoisotopic (exact) mass is 246 g/mol. The molecule has 0 saturated carbocycles. The van der Waals surface area contributed by atoms with Crippen molar-refractivity contribution >= 4 is 11.8 Å². The Hall–Kier alpha value is -2.04. The summed E-state index contributed by atoms with van der Waals surface area (Å²) in [4.78, 5) is 23.9. The van der Waals surface area contributed by atoms with Crippen molar-refractivity contribution in [1.82, 2.24) is 0 Å². The molecular weight excluding hydrogens is 236 g/mol. The van der Waals surface area contributed by atoms with Crippen LogP contribution in [-0.2, 0) is 16.0 Å². The van der Waals surface area contributed by atoms with Gasteiger partial charge in [0.2, 0.25) is 6.79 Å². The summed E-state index contributed by atoms with van der Waals surface area (Å²) < 4.78 is 15.5. The van der Waals surface area contributed by atoms with Gasteiger partial charge in [-0.25, -0.2) is 0 Å². The molecule has 1 saturated heterocycles. The van der Waals surface area contributed by atoms with Crippen LogP contribution in [0.1, 0.15) is 15.9 Å². The van der Waals surface area contributed by atoms with Crippen molar-refractivity contribution in [1.29, 1.82) is 0 Å². The number of carbonyl (C=O) groups is 2. The maximum Gasteiger partial charge on any atom is 0.310 e. The first-order valence-electron chi connectivity index (χ1n) is 5.87. The van der Waals surface area contributed by atoms with E-state index in [2.05, 4.69) is 0 Å². The topological polar surface area (TPSA) is 61.8 Å². The van der Waals surface area contributed by atoms with E-state index < -0.39 is 0 Å². The molecule has 1 aromatic carbocycles. The normalized spacial score (nSPS) is 27.8. The Bertz CT molecular complexity index is 577. The van der Waals surface area contributed by atoms with Crippen molar-refractivity contribution in [2.75, 3.05) is 13.4 Å². The van der Waals surface area contributed by atoms with Crippen LogP contribution >= 0.6 is 0 Å². The number of esters is 1. The number of hydrogen-bond acceptors (Lipinski definition) is 5. The number of carbonyl (C=O) groups excluding carboxylic acids is 2. The van der Waals surface area contributed by atoms with Gasteiger partial charge in [-0.2, -0.15) is 0 Å². The van der Waals surface area contributed by atoms with Crippen LogP contribution < -0.4 is 9.47 Å². The van der Waals surface area contributed by atoms with E-state index in [4.69, 9.17) is 14.2 Å². The van der Waals surface area contributed by atoms with Gasteiger partial charge in [0.25, 0.3) is 0 Å². The molecule has 1 aliphatic carbocycles. The van der Waals surface area contributed by atoms with Gasteiger partial charge in [0.15, 0.2) is 17.3 Å². The van der Waals surface area contributed by atoms with E-state index >= 15 is 0 Å². The molecule has 1 fully saturated rings. The van der Waals surface area contributed by atoms with Crippen LogP contribution in [0.25, 0.3) is 0 Å². The number of rotatable bonds is 0. The number of ether oxygens (including phenoxy) is 3. The third-order valence-electron chi connectivity index (χ3n) is 3.83. The van der Waals surface area contributed by atoms with Crippen molar-refractivity contribution in [3.63, 3.8) is 0 Å². The molecule has 2 atom stereocenters. The summed E-state index contributed by atoms with van der Waals surface area (Å²) in [6, 6.07) is 3.52. The molecule has 0 aromatic heterocycles. The van der Waals surface area contributed by atoms with Crippen molar-refractivity contribution in [2.45, 2.75) is 6.42 Å². The fourth-order valence-electron chi connectivity index (χ4n) is 2.86. The van der Waals surface area contributed by atoms with Gasteiger partial charge in [-0.1, -0.05) is 0 Å². The van der Waals surface area contributed by atoms with E-state index in [0.717, 1.165) is 5.56 Å². The number of Topliss-reactive ketones (excluding diaryl/α,β-unsaturated/α-hetero) is 1. The van der Waals surface area contributed by atoms with E-state index in [1.165, 1.54) is 0 Å². The smallest absolute Gasteiger partial charge is 0.310 e. The summed E-state index contributed by atoms with van der Waals surface area (Å²) in [5, 5.41) is 0. The third-order valence-corrected chi connectivity index (χ3v) is 3.83. The summed E-state index contributed by atoms with van der Waals surface area (Å²) in [5.74, 6) is 0.301. The molecule has 0 bridgehead atoms. The number of ketones is 1. The molecule has 0 spiro atoms. The van der Waals surface area contributed by atoms with Crippen LogP contribution in [0.3, 0.4) is 0 Å². The second-order valence-electron chi connectivity index (χ2n) is 4.77. The van der Waals surface area contributed by atoms with Gasteiger partial charge in [0.05, 0.1) is 11.8 Å². The van der Waals surface area contributed by atoms with Crippen LogP contribution in [0.15, 0.2) is 12.1 Å². The number of cyclic esters (lactones) is 1. The molecular formula is C13H10O5. The summed E-state index contributed by atoms with van der Waals surface area (Å²) in [5.41, 5.74) is 1.49. The zero-order chi connectivity index (χ0) is 12.3. The first-order valence-corrected chi connectivity index (χ1v) is 5.87. The van der Waals surface area contributed by atoms with Gasteiger partial charge in [0.1, 0.15) is 6.61 Å². The summed E-state index contributed by atoms with van der Waals surface area (Å²) in [7, 11) is 0. The molecule has 3 aliphatic rings. The zero-order valence-electron chi connectivity index (χ0n) is 9.47. The van der Waals surface area contributed by atoms with E-state index in [1.54, 1.807) is 12.1 Å². The highest BCUT2D eigenvalue weighted by atomic mass is 16.7. The molecule has 2 aliphatic heterocycles. The standard InChI is InChI=1S/C13H10O5/c14-12-7-3-11-10(17-5-18-11)2-6(7)1-8-9(12)4-16-13(8)15/h2-3,8-9H,1,4-5H2. The first kappa shape index (κ1) is 9.94. The molecule has 18 heavy (non-hydrogen) atoms. The second kappa shape index (κ2) is 3.25. The maximum atomic E-state index is 12.3. The molecule has 0 radical (unpaired) electrons.